The Hall–Kier alpha value is -2.80. The van der Waals surface area contributed by atoms with Crippen LogP contribution >= 0.6 is 12.6 Å². The molecule has 1 aliphatic rings. The average Bonchev–Trinajstić information content (AvgIpc) is 3.52. The Morgan fingerprint density at radius 2 is 1.92 bits per heavy atom. The van der Waals surface area contributed by atoms with Gasteiger partial charge in [0.2, 0.25) is 5.91 Å². The molecule has 5 nitrogen and oxygen atoms in total. The van der Waals surface area contributed by atoms with Crippen molar-refractivity contribution in [2.75, 3.05) is 6.61 Å². The first-order valence-electron chi connectivity index (χ1n) is 13.0. The molecular weight excluding hydrogens is 473 g/mol. The van der Waals surface area contributed by atoms with Gasteiger partial charge in [0.05, 0.1) is 36.3 Å². The number of hydrogen-bond acceptors (Lipinski definition) is 4. The van der Waals surface area contributed by atoms with Crippen LogP contribution in [0.2, 0.25) is 0 Å². The first-order valence-corrected chi connectivity index (χ1v) is 13.5. The zero-order valence-corrected chi connectivity index (χ0v) is 22.1. The van der Waals surface area contributed by atoms with Crippen LogP contribution in [0.1, 0.15) is 62.9 Å². The number of imidazole rings is 1. The van der Waals surface area contributed by atoms with Crippen molar-refractivity contribution in [2.45, 2.75) is 70.7 Å². The van der Waals surface area contributed by atoms with Crippen molar-refractivity contribution in [2.24, 2.45) is 5.92 Å². The van der Waals surface area contributed by atoms with Gasteiger partial charge < -0.3 is 10.1 Å². The van der Waals surface area contributed by atoms with E-state index < -0.39 is 0 Å². The lowest BCUT2D eigenvalue weighted by molar-refractivity contribution is -0.121. The number of hydrogen-bond donors (Lipinski definition) is 2. The van der Waals surface area contributed by atoms with Gasteiger partial charge in [0.1, 0.15) is 5.82 Å². The predicted octanol–water partition coefficient (Wildman–Crippen LogP) is 6.19. The standard InChI is InChI=1S/C29H36FN3O2S/c1-3-24-25(18-31-28(34)26(36)17-20-11-8-9-12-20)33(29(32-24)35-4-2)19-22-15-10-16-23(27(22)30)21-13-6-5-7-14-21/h5-7,10,13-16,20,26,36H,3-4,8-9,11-12,17-19H2,1-2H3,(H,31,34)/t26-/m0/s1. The maximum absolute atomic E-state index is 15.6. The van der Waals surface area contributed by atoms with Crippen LogP contribution in [0, 0.1) is 11.7 Å². The Labute approximate surface area is 218 Å². The van der Waals surface area contributed by atoms with Crippen LogP contribution in [0.4, 0.5) is 4.39 Å². The zero-order chi connectivity index (χ0) is 25.5. The van der Waals surface area contributed by atoms with Gasteiger partial charge in [-0.15, -0.1) is 0 Å². The molecule has 0 spiro atoms. The normalized spacial score (nSPS) is 14.7. The van der Waals surface area contributed by atoms with Crippen molar-refractivity contribution in [1.82, 2.24) is 14.9 Å². The molecule has 0 aliphatic heterocycles. The molecule has 1 fully saturated rings. The van der Waals surface area contributed by atoms with Crippen LogP contribution in [-0.2, 0) is 24.3 Å². The van der Waals surface area contributed by atoms with Crippen LogP contribution in [0.5, 0.6) is 6.01 Å². The van der Waals surface area contributed by atoms with Crippen molar-refractivity contribution >= 4 is 18.5 Å². The fraction of sp³-hybridized carbons (Fsp3) is 0.448. The van der Waals surface area contributed by atoms with E-state index in [1.165, 1.54) is 25.7 Å². The molecule has 0 bridgehead atoms. The number of carbonyl (C=O) groups is 1. The quantitative estimate of drug-likeness (QED) is 0.303. The van der Waals surface area contributed by atoms with E-state index >= 15 is 4.39 Å². The van der Waals surface area contributed by atoms with E-state index in [1.807, 2.05) is 54.8 Å². The Morgan fingerprint density at radius 3 is 2.61 bits per heavy atom. The number of nitrogens with one attached hydrogen (secondary N) is 1. The van der Waals surface area contributed by atoms with Gasteiger partial charge in [0.25, 0.3) is 6.01 Å². The molecule has 3 aromatic rings. The third-order valence-corrected chi connectivity index (χ3v) is 7.43. The molecule has 7 heteroatoms. The van der Waals surface area contributed by atoms with Crippen LogP contribution in [0.25, 0.3) is 11.1 Å². The van der Waals surface area contributed by atoms with Gasteiger partial charge in [0.15, 0.2) is 0 Å². The number of benzene rings is 2. The molecule has 1 aromatic heterocycles. The number of halogens is 1. The molecule has 1 heterocycles. The SMILES string of the molecule is CCOc1nc(CC)c(CNC(=O)[C@@H](S)CC2CCCC2)n1Cc1cccc(-c2ccccc2)c1F. The smallest absolute Gasteiger partial charge is 0.297 e. The van der Waals surface area contributed by atoms with Crippen LogP contribution in [0.3, 0.4) is 0 Å². The van der Waals surface area contributed by atoms with E-state index in [1.54, 1.807) is 12.1 Å². The number of thiol groups is 1. The minimum atomic E-state index is -0.332. The summed E-state index contributed by atoms with van der Waals surface area (Å²) in [5, 5.41) is 2.72. The van der Waals surface area contributed by atoms with Gasteiger partial charge in [-0.05, 0) is 31.2 Å². The topological polar surface area (TPSA) is 56.1 Å². The molecule has 4 rings (SSSR count). The van der Waals surface area contributed by atoms with Crippen LogP contribution < -0.4 is 10.1 Å². The highest BCUT2D eigenvalue weighted by atomic mass is 32.1. The number of carbonyl (C=O) groups excluding carboxylic acids is 1. The summed E-state index contributed by atoms with van der Waals surface area (Å²) < 4.78 is 23.4. The molecule has 0 radical (unpaired) electrons. The van der Waals surface area contributed by atoms with Gasteiger partial charge >= 0.3 is 0 Å². The minimum Gasteiger partial charge on any atom is -0.465 e. The second kappa shape index (κ2) is 12.4. The van der Waals surface area contributed by atoms with E-state index in [-0.39, 0.29) is 23.5 Å². The van der Waals surface area contributed by atoms with E-state index in [0.717, 1.165) is 23.4 Å². The maximum atomic E-state index is 15.6. The fourth-order valence-corrected chi connectivity index (χ4v) is 5.45. The Bertz CT molecular complexity index is 1160. The van der Waals surface area contributed by atoms with Crippen molar-refractivity contribution in [3.8, 4) is 17.1 Å². The fourth-order valence-electron chi connectivity index (χ4n) is 5.06. The van der Waals surface area contributed by atoms with Crippen molar-refractivity contribution < 1.29 is 13.9 Å². The number of ether oxygens (including phenoxy) is 1. The number of nitrogens with zero attached hydrogens (tertiary/aromatic N) is 2. The average molecular weight is 510 g/mol. The van der Waals surface area contributed by atoms with Crippen molar-refractivity contribution in [3.63, 3.8) is 0 Å². The number of rotatable bonds is 11. The predicted molar refractivity (Wildman–Crippen MR) is 145 cm³/mol. The van der Waals surface area contributed by atoms with Crippen molar-refractivity contribution in [1.29, 1.82) is 0 Å². The molecule has 36 heavy (non-hydrogen) atoms. The third kappa shape index (κ3) is 6.12. The summed E-state index contributed by atoms with van der Waals surface area (Å²) in [6.45, 7) is 4.91. The Kier molecular flexibility index (Phi) is 9.08. The van der Waals surface area contributed by atoms with E-state index in [4.69, 9.17) is 4.74 Å². The Morgan fingerprint density at radius 1 is 1.17 bits per heavy atom. The van der Waals surface area contributed by atoms with Gasteiger partial charge in [0, 0.05) is 11.1 Å². The molecule has 192 valence electrons. The second-order valence-electron chi connectivity index (χ2n) is 9.42. The monoisotopic (exact) mass is 509 g/mol. The lowest BCUT2D eigenvalue weighted by Gasteiger charge is -2.17. The van der Waals surface area contributed by atoms with E-state index in [2.05, 4.69) is 22.9 Å². The largest absolute Gasteiger partial charge is 0.465 e. The van der Waals surface area contributed by atoms with Gasteiger partial charge in [-0.3, -0.25) is 9.36 Å². The maximum Gasteiger partial charge on any atom is 0.297 e. The molecule has 1 saturated carbocycles. The van der Waals surface area contributed by atoms with Crippen LogP contribution in [0.15, 0.2) is 48.5 Å². The first kappa shape index (κ1) is 26.3. The molecule has 1 aliphatic carbocycles. The van der Waals surface area contributed by atoms with E-state index in [0.29, 0.717) is 42.6 Å². The number of amides is 1. The summed E-state index contributed by atoms with van der Waals surface area (Å²) >= 11 is 4.59. The summed E-state index contributed by atoms with van der Waals surface area (Å²) in [6.07, 6.45) is 6.33. The molecule has 0 unspecified atom stereocenters. The zero-order valence-electron chi connectivity index (χ0n) is 21.2. The summed E-state index contributed by atoms with van der Waals surface area (Å²) in [4.78, 5) is 17.5. The second-order valence-corrected chi connectivity index (χ2v) is 10.0. The molecule has 1 N–H and O–H groups in total. The summed E-state index contributed by atoms with van der Waals surface area (Å²) in [6, 6.07) is 15.4. The summed E-state index contributed by atoms with van der Waals surface area (Å²) in [5.74, 6) is 0.245. The highest BCUT2D eigenvalue weighted by Crippen LogP contribution is 2.30. The molecule has 1 atom stereocenters. The molecule has 0 saturated heterocycles. The number of aromatic nitrogens is 2. The molecular formula is C29H36FN3O2S. The minimum absolute atomic E-state index is 0.0738. The molecule has 1 amide bonds. The highest BCUT2D eigenvalue weighted by Gasteiger charge is 2.24. The van der Waals surface area contributed by atoms with E-state index in [9.17, 15) is 4.79 Å². The Balaban J connectivity index is 1.58. The molecule has 2 aromatic carbocycles. The number of aryl methyl sites for hydroxylation is 1. The lowest BCUT2D eigenvalue weighted by atomic mass is 10.0. The summed E-state index contributed by atoms with van der Waals surface area (Å²) in [5.41, 5.74) is 3.60. The highest BCUT2D eigenvalue weighted by molar-refractivity contribution is 7.81. The lowest BCUT2D eigenvalue weighted by Crippen LogP contribution is -2.33. The van der Waals surface area contributed by atoms with Crippen LogP contribution in [-0.4, -0.2) is 27.3 Å². The van der Waals surface area contributed by atoms with Crippen molar-refractivity contribution in [3.05, 3.63) is 71.3 Å². The first-order chi connectivity index (χ1) is 17.5. The summed E-state index contributed by atoms with van der Waals surface area (Å²) in [7, 11) is 0. The van der Waals surface area contributed by atoms with Gasteiger partial charge in [-0.1, -0.05) is 81.1 Å². The van der Waals surface area contributed by atoms with Gasteiger partial charge in [-0.25, -0.2) is 4.39 Å². The van der Waals surface area contributed by atoms with Gasteiger partial charge in [-0.2, -0.15) is 17.6 Å². The third-order valence-electron chi connectivity index (χ3n) is 6.98.